The number of thiophene rings is 1. The van der Waals surface area contributed by atoms with Crippen LogP contribution in [0.4, 0.5) is 0 Å². The zero-order valence-electron chi connectivity index (χ0n) is 18.2. The number of piperidine rings is 1. The summed E-state index contributed by atoms with van der Waals surface area (Å²) < 4.78 is 1.04. The van der Waals surface area contributed by atoms with E-state index in [-0.39, 0.29) is 17.9 Å². The SMILES string of the molecule is CC1CNC(C(=O)N2CCC(CCCCNC(=O)c3cc4ccncc4s3)CC2)CN1. The number of hydrogen-bond donors (Lipinski definition) is 3. The summed E-state index contributed by atoms with van der Waals surface area (Å²) in [5.41, 5.74) is 0. The van der Waals surface area contributed by atoms with Crippen molar-refractivity contribution in [3.63, 3.8) is 0 Å². The van der Waals surface area contributed by atoms with Gasteiger partial charge in [-0.1, -0.05) is 12.8 Å². The second-order valence-electron chi connectivity index (χ2n) is 8.81. The summed E-state index contributed by atoms with van der Waals surface area (Å²) in [6.45, 7) is 6.16. The summed E-state index contributed by atoms with van der Waals surface area (Å²) in [5.74, 6) is 0.943. The fourth-order valence-corrected chi connectivity index (χ4v) is 5.41. The van der Waals surface area contributed by atoms with E-state index in [1.54, 1.807) is 12.4 Å². The Kier molecular flexibility index (Phi) is 7.53. The molecule has 8 heteroatoms. The van der Waals surface area contributed by atoms with E-state index >= 15 is 0 Å². The highest BCUT2D eigenvalue weighted by Crippen LogP contribution is 2.25. The fourth-order valence-electron chi connectivity index (χ4n) is 4.46. The Hall–Kier alpha value is -2.03. The van der Waals surface area contributed by atoms with Gasteiger partial charge in [0.2, 0.25) is 5.91 Å². The molecule has 0 aromatic carbocycles. The summed E-state index contributed by atoms with van der Waals surface area (Å²) in [6, 6.07) is 4.23. The largest absolute Gasteiger partial charge is 0.351 e. The minimum Gasteiger partial charge on any atom is -0.351 e. The molecular weight excluding hydrogens is 410 g/mol. The second kappa shape index (κ2) is 10.5. The van der Waals surface area contributed by atoms with Crippen molar-refractivity contribution in [3.05, 3.63) is 29.4 Å². The zero-order chi connectivity index (χ0) is 21.6. The van der Waals surface area contributed by atoms with Gasteiger partial charge in [-0.2, -0.15) is 0 Å². The molecule has 4 heterocycles. The van der Waals surface area contributed by atoms with Gasteiger partial charge in [-0.15, -0.1) is 11.3 Å². The summed E-state index contributed by atoms with van der Waals surface area (Å²) in [5, 5.41) is 10.9. The summed E-state index contributed by atoms with van der Waals surface area (Å²) >= 11 is 1.49. The lowest BCUT2D eigenvalue weighted by Crippen LogP contribution is -2.60. The number of fused-ring (bicyclic) bond motifs is 1. The van der Waals surface area contributed by atoms with Gasteiger partial charge in [0.15, 0.2) is 0 Å². The van der Waals surface area contributed by atoms with Gasteiger partial charge >= 0.3 is 0 Å². The van der Waals surface area contributed by atoms with Crippen LogP contribution in [0.15, 0.2) is 24.5 Å². The summed E-state index contributed by atoms with van der Waals surface area (Å²) in [4.78, 5) is 31.9. The van der Waals surface area contributed by atoms with Crippen molar-refractivity contribution in [2.24, 2.45) is 5.92 Å². The van der Waals surface area contributed by atoms with Gasteiger partial charge in [-0.25, -0.2) is 0 Å². The van der Waals surface area contributed by atoms with Crippen molar-refractivity contribution < 1.29 is 9.59 Å². The molecular formula is C23H33N5O2S. The van der Waals surface area contributed by atoms with Crippen LogP contribution in [-0.2, 0) is 4.79 Å². The van der Waals surface area contributed by atoms with Crippen LogP contribution in [0.1, 0.15) is 48.7 Å². The molecule has 2 aliphatic rings. The number of unbranched alkanes of at least 4 members (excludes halogenated alkanes) is 1. The molecule has 2 aromatic rings. The van der Waals surface area contributed by atoms with Crippen molar-refractivity contribution in [2.45, 2.75) is 51.1 Å². The molecule has 31 heavy (non-hydrogen) atoms. The van der Waals surface area contributed by atoms with E-state index in [1.165, 1.54) is 17.8 Å². The van der Waals surface area contributed by atoms with E-state index in [2.05, 4.69) is 27.9 Å². The number of nitrogens with zero attached hydrogens (tertiary/aromatic N) is 2. The first-order valence-corrected chi connectivity index (χ1v) is 12.3. The Bertz CT molecular complexity index is 852. The molecule has 2 aromatic heterocycles. The highest BCUT2D eigenvalue weighted by atomic mass is 32.1. The zero-order valence-corrected chi connectivity index (χ0v) is 19.0. The lowest BCUT2D eigenvalue weighted by atomic mass is 9.91. The van der Waals surface area contributed by atoms with Gasteiger partial charge in [0.25, 0.3) is 5.91 Å². The predicted molar refractivity (Wildman–Crippen MR) is 124 cm³/mol. The van der Waals surface area contributed by atoms with E-state index < -0.39 is 0 Å². The molecule has 0 aliphatic carbocycles. The lowest BCUT2D eigenvalue weighted by molar-refractivity contribution is -0.135. The van der Waals surface area contributed by atoms with Gasteiger partial charge in [0.05, 0.1) is 15.6 Å². The lowest BCUT2D eigenvalue weighted by Gasteiger charge is -2.36. The smallest absolute Gasteiger partial charge is 0.261 e. The highest BCUT2D eigenvalue weighted by Gasteiger charge is 2.30. The number of hydrogen-bond acceptors (Lipinski definition) is 6. The third-order valence-corrected chi connectivity index (χ3v) is 7.52. The standard InChI is InChI=1S/C23H33N5O2S/c1-16-13-27-19(14-26-16)23(30)28-10-6-17(7-11-28)4-2-3-8-25-22(29)20-12-18-5-9-24-15-21(18)31-20/h5,9,12,15-17,19,26-27H,2-4,6-8,10-11,13-14H2,1H3,(H,25,29). The molecule has 2 unspecified atom stereocenters. The summed E-state index contributed by atoms with van der Waals surface area (Å²) in [6.07, 6.45) is 9.01. The van der Waals surface area contributed by atoms with Crippen LogP contribution in [0, 0.1) is 5.92 Å². The number of likely N-dealkylation sites (tertiary alicyclic amines) is 1. The molecule has 2 aliphatic heterocycles. The van der Waals surface area contributed by atoms with Crippen LogP contribution in [0.2, 0.25) is 0 Å². The maximum absolute atomic E-state index is 12.7. The molecule has 2 atom stereocenters. The van der Waals surface area contributed by atoms with Crippen LogP contribution in [0.3, 0.4) is 0 Å². The van der Waals surface area contributed by atoms with Crippen LogP contribution >= 0.6 is 11.3 Å². The summed E-state index contributed by atoms with van der Waals surface area (Å²) in [7, 11) is 0. The van der Waals surface area contributed by atoms with Crippen LogP contribution in [0.5, 0.6) is 0 Å². The monoisotopic (exact) mass is 443 g/mol. The number of amides is 2. The number of piperazine rings is 1. The Balaban J connectivity index is 1.10. The van der Waals surface area contributed by atoms with E-state index in [0.717, 1.165) is 66.8 Å². The molecule has 4 rings (SSSR count). The molecule has 3 N–H and O–H groups in total. The average Bonchev–Trinajstić information content (AvgIpc) is 3.24. The third-order valence-electron chi connectivity index (χ3n) is 6.44. The van der Waals surface area contributed by atoms with Crippen molar-refractivity contribution in [1.29, 1.82) is 0 Å². The van der Waals surface area contributed by atoms with E-state index in [1.807, 2.05) is 17.0 Å². The predicted octanol–water partition coefficient (Wildman–Crippen LogP) is 2.38. The normalized spacial score (nSPS) is 22.5. The minimum atomic E-state index is -0.0754. The van der Waals surface area contributed by atoms with Gasteiger partial charge in [0, 0.05) is 51.2 Å². The number of rotatable bonds is 7. The number of pyridine rings is 1. The molecule has 2 fully saturated rings. The van der Waals surface area contributed by atoms with Gasteiger partial charge in [0.1, 0.15) is 0 Å². The first-order chi connectivity index (χ1) is 15.1. The van der Waals surface area contributed by atoms with Crippen LogP contribution in [-0.4, -0.2) is 66.5 Å². The fraction of sp³-hybridized carbons (Fsp3) is 0.609. The van der Waals surface area contributed by atoms with E-state index in [4.69, 9.17) is 0 Å². The topological polar surface area (TPSA) is 86.4 Å². The minimum absolute atomic E-state index is 0.00762. The van der Waals surface area contributed by atoms with Gasteiger partial charge in [-0.05, 0) is 49.6 Å². The second-order valence-corrected chi connectivity index (χ2v) is 9.90. The molecule has 0 saturated carbocycles. The average molecular weight is 444 g/mol. The van der Waals surface area contributed by atoms with Crippen molar-refractivity contribution in [1.82, 2.24) is 25.8 Å². The van der Waals surface area contributed by atoms with E-state index in [9.17, 15) is 9.59 Å². The van der Waals surface area contributed by atoms with Gasteiger partial charge in [-0.3, -0.25) is 14.6 Å². The highest BCUT2D eigenvalue weighted by molar-refractivity contribution is 7.20. The number of nitrogens with one attached hydrogen (secondary N) is 3. The Morgan fingerprint density at radius 2 is 2.06 bits per heavy atom. The molecule has 0 radical (unpaired) electrons. The molecule has 2 amide bonds. The van der Waals surface area contributed by atoms with Crippen molar-refractivity contribution in [3.8, 4) is 0 Å². The first kappa shape index (κ1) is 22.2. The Labute approximate surface area is 188 Å². The molecule has 0 spiro atoms. The number of aromatic nitrogens is 1. The maximum atomic E-state index is 12.7. The van der Waals surface area contributed by atoms with E-state index in [0.29, 0.717) is 18.5 Å². The van der Waals surface area contributed by atoms with Crippen molar-refractivity contribution in [2.75, 3.05) is 32.7 Å². The third kappa shape index (κ3) is 5.81. The maximum Gasteiger partial charge on any atom is 0.261 e. The first-order valence-electron chi connectivity index (χ1n) is 11.5. The molecule has 168 valence electrons. The van der Waals surface area contributed by atoms with Gasteiger partial charge < -0.3 is 20.9 Å². The molecule has 2 saturated heterocycles. The number of carbonyl (C=O) groups excluding carboxylic acids is 2. The van der Waals surface area contributed by atoms with Crippen molar-refractivity contribution >= 4 is 33.2 Å². The Morgan fingerprint density at radius 3 is 2.81 bits per heavy atom. The Morgan fingerprint density at radius 1 is 1.23 bits per heavy atom. The quantitative estimate of drug-likeness (QED) is 0.572. The molecule has 0 bridgehead atoms. The number of carbonyl (C=O) groups is 2. The van der Waals surface area contributed by atoms with Crippen LogP contribution < -0.4 is 16.0 Å². The van der Waals surface area contributed by atoms with Crippen LogP contribution in [0.25, 0.3) is 10.1 Å². The molecule has 7 nitrogen and oxygen atoms in total.